The van der Waals surface area contributed by atoms with Gasteiger partial charge in [0.1, 0.15) is 5.84 Å². The van der Waals surface area contributed by atoms with Gasteiger partial charge in [-0.1, -0.05) is 0 Å². The van der Waals surface area contributed by atoms with Crippen LogP contribution < -0.4 is 5.73 Å². The van der Waals surface area contributed by atoms with E-state index in [-0.39, 0.29) is 11.1 Å². The molecule has 1 aromatic carbocycles. The lowest BCUT2D eigenvalue weighted by Gasteiger charge is -2.04. The normalized spacial score (nSPS) is 9.81. The first-order valence-electron chi connectivity index (χ1n) is 4.12. The molecule has 84 valence electrons. The van der Waals surface area contributed by atoms with Crippen LogP contribution in [0.5, 0.6) is 0 Å². The molecule has 0 unspecified atom stereocenters. The molecule has 0 heterocycles. The zero-order valence-corrected chi connectivity index (χ0v) is 8.26. The third-order valence-electron chi connectivity index (χ3n) is 2.06. The zero-order valence-electron chi connectivity index (χ0n) is 8.26. The average molecular weight is 224 g/mol. The van der Waals surface area contributed by atoms with Crippen LogP contribution in [0.25, 0.3) is 0 Å². The first-order chi connectivity index (χ1) is 7.34. The fraction of sp³-hybridized carbons (Fsp3) is 0.125. The summed E-state index contributed by atoms with van der Waals surface area (Å²) in [4.78, 5) is 19.7. The van der Waals surface area contributed by atoms with Gasteiger partial charge < -0.3 is 5.73 Å². The number of rotatable bonds is 3. The van der Waals surface area contributed by atoms with Crippen LogP contribution in [0.1, 0.15) is 11.1 Å². The van der Waals surface area contributed by atoms with E-state index >= 15 is 0 Å². The molecule has 8 heteroatoms. The molecule has 0 bridgehead atoms. The van der Waals surface area contributed by atoms with E-state index in [1.54, 1.807) is 0 Å². The topological polar surface area (TPSA) is 136 Å². The van der Waals surface area contributed by atoms with Gasteiger partial charge in [0.15, 0.2) is 0 Å². The van der Waals surface area contributed by atoms with Gasteiger partial charge in [0.05, 0.1) is 15.9 Å². The minimum absolute atomic E-state index is 0.000833. The first kappa shape index (κ1) is 11.6. The molecule has 1 aromatic rings. The van der Waals surface area contributed by atoms with E-state index in [2.05, 4.69) is 0 Å². The molecule has 0 spiro atoms. The van der Waals surface area contributed by atoms with Gasteiger partial charge in [0.25, 0.3) is 11.4 Å². The average Bonchev–Trinajstić information content (AvgIpc) is 2.16. The summed E-state index contributed by atoms with van der Waals surface area (Å²) in [5, 5.41) is 28.4. The van der Waals surface area contributed by atoms with Crippen molar-refractivity contribution in [2.75, 3.05) is 0 Å². The number of nitrogen functional groups attached to an aromatic ring is 1. The summed E-state index contributed by atoms with van der Waals surface area (Å²) in [7, 11) is 0. The van der Waals surface area contributed by atoms with Crippen molar-refractivity contribution >= 4 is 17.2 Å². The highest BCUT2D eigenvalue weighted by Gasteiger charge is 2.22. The van der Waals surface area contributed by atoms with Gasteiger partial charge in [-0.3, -0.25) is 25.6 Å². The zero-order chi connectivity index (χ0) is 12.5. The SMILES string of the molecule is Cc1c(C(=N)N)cc([N+](=O)[O-])cc1[N+](=O)[O-]. The molecular weight excluding hydrogens is 216 g/mol. The van der Waals surface area contributed by atoms with E-state index in [9.17, 15) is 20.2 Å². The van der Waals surface area contributed by atoms with E-state index in [4.69, 9.17) is 11.1 Å². The van der Waals surface area contributed by atoms with Crippen molar-refractivity contribution < 1.29 is 9.85 Å². The van der Waals surface area contributed by atoms with Gasteiger partial charge in [-0.05, 0) is 6.92 Å². The van der Waals surface area contributed by atoms with Gasteiger partial charge in [-0.15, -0.1) is 0 Å². The summed E-state index contributed by atoms with van der Waals surface area (Å²) in [6, 6.07) is 1.90. The van der Waals surface area contributed by atoms with Crippen molar-refractivity contribution in [1.29, 1.82) is 5.41 Å². The molecule has 0 aliphatic heterocycles. The van der Waals surface area contributed by atoms with Crippen molar-refractivity contribution in [1.82, 2.24) is 0 Å². The monoisotopic (exact) mass is 224 g/mol. The maximum atomic E-state index is 10.6. The number of hydrogen-bond acceptors (Lipinski definition) is 5. The smallest absolute Gasteiger partial charge is 0.279 e. The molecule has 1 rings (SSSR count). The fourth-order valence-corrected chi connectivity index (χ4v) is 1.26. The number of non-ortho nitro benzene ring substituents is 1. The summed E-state index contributed by atoms with van der Waals surface area (Å²) in [5.41, 5.74) is 4.46. The summed E-state index contributed by atoms with van der Waals surface area (Å²) >= 11 is 0. The number of nitrogens with one attached hydrogen (secondary N) is 1. The van der Waals surface area contributed by atoms with Crippen molar-refractivity contribution in [3.05, 3.63) is 43.5 Å². The Kier molecular flexibility index (Phi) is 2.84. The van der Waals surface area contributed by atoms with Gasteiger partial charge >= 0.3 is 0 Å². The van der Waals surface area contributed by atoms with Gasteiger partial charge in [-0.2, -0.15) is 0 Å². The molecule has 0 radical (unpaired) electrons. The lowest BCUT2D eigenvalue weighted by molar-refractivity contribution is -0.394. The molecule has 16 heavy (non-hydrogen) atoms. The second-order valence-electron chi connectivity index (χ2n) is 3.07. The van der Waals surface area contributed by atoms with Crippen LogP contribution in [-0.4, -0.2) is 15.7 Å². The second kappa shape index (κ2) is 3.93. The van der Waals surface area contributed by atoms with Crippen LogP contribution >= 0.6 is 0 Å². The van der Waals surface area contributed by atoms with Gasteiger partial charge in [0, 0.05) is 17.2 Å². The van der Waals surface area contributed by atoms with E-state index in [1.165, 1.54) is 6.92 Å². The van der Waals surface area contributed by atoms with Crippen LogP contribution in [-0.2, 0) is 0 Å². The molecule has 0 aliphatic carbocycles. The number of nitrogens with zero attached hydrogens (tertiary/aromatic N) is 2. The Morgan fingerprint density at radius 3 is 2.25 bits per heavy atom. The molecule has 0 saturated carbocycles. The maximum absolute atomic E-state index is 10.6. The summed E-state index contributed by atoms with van der Waals surface area (Å²) in [6.45, 7) is 1.39. The highest BCUT2D eigenvalue weighted by Crippen LogP contribution is 2.27. The van der Waals surface area contributed by atoms with Crippen molar-refractivity contribution in [2.24, 2.45) is 5.73 Å². The maximum Gasteiger partial charge on any atom is 0.279 e. The van der Waals surface area contributed by atoms with Gasteiger partial charge in [-0.25, -0.2) is 0 Å². The minimum atomic E-state index is -0.765. The molecule has 0 saturated heterocycles. The number of amidine groups is 1. The second-order valence-corrected chi connectivity index (χ2v) is 3.07. The van der Waals surface area contributed by atoms with Crippen LogP contribution in [0, 0.1) is 32.6 Å². The minimum Gasteiger partial charge on any atom is -0.384 e. The van der Waals surface area contributed by atoms with Crippen molar-refractivity contribution in [3.63, 3.8) is 0 Å². The number of benzene rings is 1. The summed E-state index contributed by atoms with van der Waals surface area (Å²) in [6.07, 6.45) is 0. The Balaban J connectivity index is 3.57. The highest BCUT2D eigenvalue weighted by atomic mass is 16.6. The molecule has 0 fully saturated rings. The highest BCUT2D eigenvalue weighted by molar-refractivity contribution is 5.98. The number of nitro benzene ring substituents is 2. The van der Waals surface area contributed by atoms with E-state index in [1.807, 2.05) is 0 Å². The fourth-order valence-electron chi connectivity index (χ4n) is 1.26. The molecule has 3 N–H and O–H groups in total. The quantitative estimate of drug-likeness (QED) is 0.342. The Morgan fingerprint density at radius 2 is 1.88 bits per heavy atom. The van der Waals surface area contributed by atoms with E-state index in [0.717, 1.165) is 12.1 Å². The molecule has 0 aliphatic rings. The van der Waals surface area contributed by atoms with Crippen LogP contribution in [0.15, 0.2) is 12.1 Å². The summed E-state index contributed by atoms with van der Waals surface area (Å²) < 4.78 is 0. The Morgan fingerprint density at radius 1 is 1.31 bits per heavy atom. The molecular formula is C8H8N4O4. The van der Waals surface area contributed by atoms with Crippen LogP contribution in [0.3, 0.4) is 0 Å². The van der Waals surface area contributed by atoms with Crippen molar-refractivity contribution in [3.8, 4) is 0 Å². The third kappa shape index (κ3) is 1.95. The first-order valence-corrected chi connectivity index (χ1v) is 4.12. The Hall–Kier alpha value is -2.51. The lowest BCUT2D eigenvalue weighted by atomic mass is 10.0. The number of hydrogen-bond donors (Lipinski definition) is 2. The van der Waals surface area contributed by atoms with E-state index < -0.39 is 27.1 Å². The van der Waals surface area contributed by atoms with E-state index in [0.29, 0.717) is 0 Å². The third-order valence-corrected chi connectivity index (χ3v) is 2.06. The number of nitrogens with two attached hydrogens (primary N) is 1. The Labute approximate surface area is 89.5 Å². The Bertz CT molecular complexity index is 462. The van der Waals surface area contributed by atoms with Crippen molar-refractivity contribution in [2.45, 2.75) is 6.92 Å². The predicted octanol–water partition coefficient (Wildman–Crippen LogP) is 1.10. The largest absolute Gasteiger partial charge is 0.384 e. The summed E-state index contributed by atoms with van der Waals surface area (Å²) in [5.74, 6) is -0.440. The predicted molar refractivity (Wildman–Crippen MR) is 55.5 cm³/mol. The molecule has 0 aromatic heterocycles. The molecule has 8 nitrogen and oxygen atoms in total. The van der Waals surface area contributed by atoms with Crippen LogP contribution in [0.4, 0.5) is 11.4 Å². The number of nitro groups is 2. The standard InChI is InChI=1S/C8H8N4O4/c1-4-6(8(9)10)2-5(11(13)14)3-7(4)12(15)16/h2-3H,1H3,(H3,9,10). The van der Waals surface area contributed by atoms with Crippen LogP contribution in [0.2, 0.25) is 0 Å². The lowest BCUT2D eigenvalue weighted by Crippen LogP contribution is -2.14. The van der Waals surface area contributed by atoms with Gasteiger partial charge in [0.2, 0.25) is 0 Å². The molecule has 0 amide bonds. The molecule has 0 atom stereocenters.